The van der Waals surface area contributed by atoms with Gasteiger partial charge < -0.3 is 4.79 Å². The molecule has 1 unspecified atom stereocenters. The molecule has 0 saturated heterocycles. The number of hydrogen-bond acceptors (Lipinski definition) is 3. The first-order chi connectivity index (χ1) is 11.3. The molecule has 24 heavy (non-hydrogen) atoms. The zero-order chi connectivity index (χ0) is 17.9. The zero-order valence-corrected chi connectivity index (χ0v) is 13.4. The van der Waals surface area contributed by atoms with Crippen molar-refractivity contribution in [3.63, 3.8) is 0 Å². The Hall–Kier alpha value is -2.46. The van der Waals surface area contributed by atoms with E-state index in [1.54, 1.807) is 0 Å². The summed E-state index contributed by atoms with van der Waals surface area (Å²) in [6.45, 7) is 1.54. The monoisotopic (exact) mass is 351 g/mol. The van der Waals surface area contributed by atoms with Gasteiger partial charge in [0, 0.05) is 16.2 Å². The second kappa shape index (κ2) is 6.97. The van der Waals surface area contributed by atoms with Gasteiger partial charge in [0.05, 0.1) is 28.0 Å². The van der Waals surface area contributed by atoms with Crippen LogP contribution in [0.25, 0.3) is 0 Å². The zero-order valence-electron chi connectivity index (χ0n) is 12.6. The number of rotatable bonds is 4. The highest BCUT2D eigenvalue weighted by Crippen LogP contribution is 2.34. The summed E-state index contributed by atoms with van der Waals surface area (Å²) >= 11 is 0. The van der Waals surface area contributed by atoms with Crippen molar-refractivity contribution in [2.24, 2.45) is 0 Å². The molecule has 0 N–H and O–H groups in total. The van der Waals surface area contributed by atoms with Crippen molar-refractivity contribution < 1.29 is 22.2 Å². The smallest absolute Gasteiger partial charge is 0.303 e. The van der Waals surface area contributed by atoms with E-state index >= 15 is 0 Å². The Bertz CT molecular complexity index is 837. The fourth-order valence-corrected chi connectivity index (χ4v) is 3.46. The number of aldehydes is 1. The minimum absolute atomic E-state index is 0.00591. The molecule has 7 heteroatoms. The maximum Gasteiger partial charge on any atom is 0.416 e. The second-order valence-electron chi connectivity index (χ2n) is 5.03. The van der Waals surface area contributed by atoms with E-state index in [-0.39, 0.29) is 21.8 Å². The molecule has 1 atom stereocenters. The second-order valence-corrected chi connectivity index (χ2v) is 6.48. The van der Waals surface area contributed by atoms with Crippen LogP contribution in [0.15, 0.2) is 46.2 Å². The molecule has 0 saturated carbocycles. The van der Waals surface area contributed by atoms with Crippen molar-refractivity contribution >= 4 is 17.1 Å². The van der Waals surface area contributed by atoms with Crippen molar-refractivity contribution in [3.8, 4) is 6.07 Å². The molecule has 0 heterocycles. The van der Waals surface area contributed by atoms with Gasteiger partial charge >= 0.3 is 6.18 Å². The Labute approximate surface area is 139 Å². The number of nitriles is 1. The lowest BCUT2D eigenvalue weighted by molar-refractivity contribution is -0.137. The first-order valence-electron chi connectivity index (χ1n) is 6.84. The highest BCUT2D eigenvalue weighted by atomic mass is 32.2. The molecule has 2 aromatic rings. The lowest BCUT2D eigenvalue weighted by Crippen LogP contribution is -2.10. The van der Waals surface area contributed by atoms with Crippen molar-refractivity contribution in [1.29, 1.82) is 5.26 Å². The van der Waals surface area contributed by atoms with E-state index in [1.807, 2.05) is 6.07 Å². The van der Waals surface area contributed by atoms with Crippen LogP contribution in [0.1, 0.15) is 22.3 Å². The van der Waals surface area contributed by atoms with Crippen molar-refractivity contribution in [1.82, 2.24) is 0 Å². The Balaban J connectivity index is 2.58. The molecular weight excluding hydrogens is 339 g/mol. The van der Waals surface area contributed by atoms with Crippen LogP contribution in [0.3, 0.4) is 0 Å². The highest BCUT2D eigenvalue weighted by Gasteiger charge is 2.32. The maximum absolute atomic E-state index is 13.1. The molecular formula is C17H12F3NO2S. The molecule has 0 bridgehead atoms. The number of halogens is 3. The minimum atomic E-state index is -4.60. The van der Waals surface area contributed by atoms with Crippen LogP contribution < -0.4 is 0 Å². The fourth-order valence-electron chi connectivity index (χ4n) is 2.18. The van der Waals surface area contributed by atoms with Gasteiger partial charge in [0.15, 0.2) is 0 Å². The van der Waals surface area contributed by atoms with Crippen LogP contribution >= 0.6 is 0 Å². The molecule has 0 amide bonds. The third-order valence-electron chi connectivity index (χ3n) is 3.50. The fraction of sp³-hybridized carbons (Fsp3) is 0.176. The molecule has 2 rings (SSSR count). The Morgan fingerprint density at radius 2 is 1.83 bits per heavy atom. The van der Waals surface area contributed by atoms with Gasteiger partial charge in [-0.2, -0.15) is 18.4 Å². The summed E-state index contributed by atoms with van der Waals surface area (Å²) in [7, 11) is -1.85. The molecule has 0 fully saturated rings. The van der Waals surface area contributed by atoms with Gasteiger partial charge in [-0.15, -0.1) is 0 Å². The van der Waals surface area contributed by atoms with E-state index in [2.05, 4.69) is 0 Å². The van der Waals surface area contributed by atoms with Crippen LogP contribution in [0.5, 0.6) is 0 Å². The van der Waals surface area contributed by atoms with Gasteiger partial charge in [0.25, 0.3) is 0 Å². The van der Waals surface area contributed by atoms with Crippen LogP contribution in [-0.4, -0.2) is 10.5 Å². The third kappa shape index (κ3) is 3.71. The molecule has 0 aromatic heterocycles. The number of benzene rings is 2. The summed E-state index contributed by atoms with van der Waals surface area (Å²) < 4.78 is 51.9. The number of nitrogens with zero attached hydrogens (tertiary/aromatic N) is 1. The molecule has 2 aromatic carbocycles. The van der Waals surface area contributed by atoms with Gasteiger partial charge in [-0.05, 0) is 54.4 Å². The largest absolute Gasteiger partial charge is 0.416 e. The van der Waals surface area contributed by atoms with E-state index in [4.69, 9.17) is 5.26 Å². The van der Waals surface area contributed by atoms with Gasteiger partial charge in [-0.1, -0.05) is 0 Å². The standard InChI is InChI=1S/C17H12F3NO2S/c1-11-13(6-7-22)8-14(17(18,19)20)9-16(11)24(23)15-4-2-12(10-21)3-5-15/h2-5,7-9H,6H2,1H3. The molecule has 0 aliphatic carbocycles. The SMILES string of the molecule is Cc1c(CC=O)cc(C(F)(F)F)cc1S(=O)c1ccc(C#N)cc1. The quantitative estimate of drug-likeness (QED) is 0.788. The predicted octanol–water partition coefficient (Wildman–Crippen LogP) is 3.79. The summed E-state index contributed by atoms with van der Waals surface area (Å²) in [6.07, 6.45) is -4.28. The van der Waals surface area contributed by atoms with Gasteiger partial charge in [0.2, 0.25) is 0 Å². The Morgan fingerprint density at radius 3 is 2.33 bits per heavy atom. The number of carbonyl (C=O) groups is 1. The first-order valence-corrected chi connectivity index (χ1v) is 7.99. The van der Waals surface area contributed by atoms with Crippen LogP contribution in [0.4, 0.5) is 13.2 Å². The summed E-state index contributed by atoms with van der Waals surface area (Å²) in [5, 5.41) is 8.77. The summed E-state index contributed by atoms with van der Waals surface area (Å²) in [5.41, 5.74) is -0.00489. The van der Waals surface area contributed by atoms with E-state index in [0.717, 1.165) is 12.1 Å². The van der Waals surface area contributed by atoms with E-state index in [0.29, 0.717) is 17.4 Å². The normalized spacial score (nSPS) is 12.5. The molecule has 0 aliphatic heterocycles. The molecule has 0 radical (unpaired) electrons. The van der Waals surface area contributed by atoms with Gasteiger partial charge in [-0.25, -0.2) is 4.21 Å². The van der Waals surface area contributed by atoms with Crippen molar-refractivity contribution in [3.05, 3.63) is 58.7 Å². The number of alkyl halides is 3. The number of carbonyl (C=O) groups excluding carboxylic acids is 1. The Morgan fingerprint density at radius 1 is 1.21 bits per heavy atom. The average Bonchev–Trinajstić information content (AvgIpc) is 2.55. The lowest BCUT2D eigenvalue weighted by Gasteiger charge is -2.15. The molecule has 0 spiro atoms. The van der Waals surface area contributed by atoms with E-state index in [9.17, 15) is 22.2 Å². The van der Waals surface area contributed by atoms with E-state index < -0.39 is 22.5 Å². The molecule has 0 aliphatic rings. The summed E-state index contributed by atoms with van der Waals surface area (Å²) in [5.74, 6) is 0. The summed E-state index contributed by atoms with van der Waals surface area (Å²) in [6, 6.07) is 9.43. The van der Waals surface area contributed by atoms with E-state index in [1.165, 1.54) is 31.2 Å². The molecule has 124 valence electrons. The number of hydrogen-bond donors (Lipinski definition) is 0. The topological polar surface area (TPSA) is 57.9 Å². The average molecular weight is 351 g/mol. The molecule has 3 nitrogen and oxygen atoms in total. The van der Waals surface area contributed by atoms with Crippen molar-refractivity contribution in [2.75, 3.05) is 0 Å². The van der Waals surface area contributed by atoms with Crippen LogP contribution in [0.2, 0.25) is 0 Å². The van der Waals surface area contributed by atoms with Crippen molar-refractivity contribution in [2.45, 2.75) is 29.3 Å². The van der Waals surface area contributed by atoms with Crippen LogP contribution in [-0.2, 0) is 28.2 Å². The van der Waals surface area contributed by atoms with Gasteiger partial charge in [-0.3, -0.25) is 0 Å². The minimum Gasteiger partial charge on any atom is -0.303 e. The highest BCUT2D eigenvalue weighted by molar-refractivity contribution is 7.85. The summed E-state index contributed by atoms with van der Waals surface area (Å²) in [4.78, 5) is 11.0. The lowest BCUT2D eigenvalue weighted by atomic mass is 10.0. The predicted molar refractivity (Wildman–Crippen MR) is 81.8 cm³/mol. The first kappa shape index (κ1) is 17.9. The third-order valence-corrected chi connectivity index (χ3v) is 5.02. The van der Waals surface area contributed by atoms with Crippen LogP contribution in [0, 0.1) is 18.3 Å². The maximum atomic E-state index is 13.1. The Kier molecular flexibility index (Phi) is 5.20. The van der Waals surface area contributed by atoms with Gasteiger partial charge in [0.1, 0.15) is 6.29 Å².